The molecule has 0 radical (unpaired) electrons. The number of nitrogens with one attached hydrogen (secondary N) is 1. The molecule has 3 N–H and O–H groups in total. The van der Waals surface area contributed by atoms with Crippen molar-refractivity contribution in [2.45, 2.75) is 33.1 Å². The molecule has 0 saturated heterocycles. The van der Waals surface area contributed by atoms with Crippen LogP contribution in [0, 0.1) is 12.8 Å². The average Bonchev–Trinajstić information content (AvgIpc) is 2.67. The van der Waals surface area contributed by atoms with Crippen molar-refractivity contribution in [1.29, 1.82) is 0 Å². The minimum atomic E-state index is 0.724. The van der Waals surface area contributed by atoms with E-state index in [9.17, 15) is 0 Å². The molecule has 0 aromatic carbocycles. The molecule has 0 spiro atoms. The normalized spacial score (nSPS) is 12.9. The lowest BCUT2D eigenvalue weighted by atomic mass is 10.1. The van der Waals surface area contributed by atoms with Gasteiger partial charge in [-0.2, -0.15) is 0 Å². The van der Waals surface area contributed by atoms with E-state index >= 15 is 0 Å². The first kappa shape index (κ1) is 13.6. The van der Waals surface area contributed by atoms with Crippen molar-refractivity contribution in [2.75, 3.05) is 19.6 Å². The average molecular weight is 241 g/mol. The quantitative estimate of drug-likeness (QED) is 0.684. The molecule has 1 atom stereocenters. The van der Waals surface area contributed by atoms with E-state index in [-0.39, 0.29) is 0 Å². The zero-order valence-electron chi connectivity index (χ0n) is 10.3. The third-order valence-corrected chi connectivity index (χ3v) is 3.60. The van der Waals surface area contributed by atoms with Crippen LogP contribution >= 0.6 is 11.3 Å². The maximum atomic E-state index is 5.48. The van der Waals surface area contributed by atoms with E-state index in [1.807, 2.05) is 6.92 Å². The second-order valence-electron chi connectivity index (χ2n) is 4.37. The van der Waals surface area contributed by atoms with Gasteiger partial charge in [-0.3, -0.25) is 0 Å². The van der Waals surface area contributed by atoms with Crippen LogP contribution in [-0.4, -0.2) is 24.6 Å². The molecule has 1 aromatic heterocycles. The molecule has 3 nitrogen and oxygen atoms in total. The van der Waals surface area contributed by atoms with Crippen molar-refractivity contribution in [3.8, 4) is 0 Å². The predicted molar refractivity (Wildman–Crippen MR) is 70.9 cm³/mol. The number of hydrogen-bond acceptors (Lipinski definition) is 4. The lowest BCUT2D eigenvalue weighted by molar-refractivity contribution is 0.471. The highest BCUT2D eigenvalue weighted by Gasteiger charge is 2.02. The van der Waals surface area contributed by atoms with E-state index < -0.39 is 0 Å². The predicted octanol–water partition coefficient (Wildman–Crippen LogP) is 1.96. The van der Waals surface area contributed by atoms with Crippen LogP contribution in [0.2, 0.25) is 0 Å². The summed E-state index contributed by atoms with van der Waals surface area (Å²) in [6.07, 6.45) is 3.40. The third-order valence-electron chi connectivity index (χ3n) is 2.58. The van der Waals surface area contributed by atoms with Gasteiger partial charge in [0, 0.05) is 24.0 Å². The molecule has 0 bridgehead atoms. The van der Waals surface area contributed by atoms with Crippen molar-refractivity contribution in [1.82, 2.24) is 10.3 Å². The highest BCUT2D eigenvalue weighted by molar-refractivity contribution is 7.09. The first-order valence-electron chi connectivity index (χ1n) is 6.04. The summed E-state index contributed by atoms with van der Waals surface area (Å²) in [4.78, 5) is 4.44. The molecule has 1 heterocycles. The standard InChI is InChI=1S/C12H23N3S/c1-10(4-3-6-13)8-14-7-5-12-15-11(2)9-16-12/h9-10,14H,3-8,13H2,1-2H3. The molecule has 0 fully saturated rings. The smallest absolute Gasteiger partial charge is 0.0940 e. The number of thiazole rings is 1. The summed E-state index contributed by atoms with van der Waals surface area (Å²) in [5.74, 6) is 0.724. The zero-order valence-corrected chi connectivity index (χ0v) is 11.1. The first-order valence-corrected chi connectivity index (χ1v) is 6.92. The van der Waals surface area contributed by atoms with Gasteiger partial charge in [0.15, 0.2) is 0 Å². The minimum Gasteiger partial charge on any atom is -0.330 e. The summed E-state index contributed by atoms with van der Waals surface area (Å²) in [6.45, 7) is 7.24. The van der Waals surface area contributed by atoms with Gasteiger partial charge in [-0.1, -0.05) is 6.92 Å². The van der Waals surface area contributed by atoms with E-state index in [1.54, 1.807) is 11.3 Å². The van der Waals surface area contributed by atoms with Crippen LogP contribution in [0.15, 0.2) is 5.38 Å². The molecular formula is C12H23N3S. The Morgan fingerprint density at radius 2 is 2.38 bits per heavy atom. The van der Waals surface area contributed by atoms with Crippen LogP contribution in [0.3, 0.4) is 0 Å². The van der Waals surface area contributed by atoms with Gasteiger partial charge in [-0.25, -0.2) is 4.98 Å². The van der Waals surface area contributed by atoms with Crippen molar-refractivity contribution >= 4 is 11.3 Å². The van der Waals surface area contributed by atoms with E-state index in [0.717, 1.165) is 44.1 Å². The van der Waals surface area contributed by atoms with Gasteiger partial charge in [-0.05, 0) is 38.8 Å². The molecule has 1 aromatic rings. The molecule has 92 valence electrons. The maximum absolute atomic E-state index is 5.48. The molecule has 0 aliphatic rings. The Labute approximate surface area is 102 Å². The second kappa shape index (κ2) is 7.76. The number of aryl methyl sites for hydroxylation is 1. The Bertz CT molecular complexity index is 286. The third kappa shape index (κ3) is 5.58. The molecular weight excluding hydrogens is 218 g/mol. The van der Waals surface area contributed by atoms with E-state index in [4.69, 9.17) is 5.73 Å². The fraction of sp³-hybridized carbons (Fsp3) is 0.750. The monoisotopic (exact) mass is 241 g/mol. The number of nitrogens with zero attached hydrogens (tertiary/aromatic N) is 1. The van der Waals surface area contributed by atoms with Gasteiger partial charge in [0.1, 0.15) is 0 Å². The minimum absolute atomic E-state index is 0.724. The fourth-order valence-electron chi connectivity index (χ4n) is 1.63. The Balaban J connectivity index is 2.03. The van der Waals surface area contributed by atoms with Crippen LogP contribution < -0.4 is 11.1 Å². The summed E-state index contributed by atoms with van der Waals surface area (Å²) in [5, 5.41) is 6.82. The number of rotatable bonds is 8. The summed E-state index contributed by atoms with van der Waals surface area (Å²) in [7, 11) is 0. The molecule has 0 amide bonds. The molecule has 1 rings (SSSR count). The van der Waals surface area contributed by atoms with Crippen molar-refractivity contribution in [2.24, 2.45) is 11.7 Å². The Morgan fingerprint density at radius 1 is 1.56 bits per heavy atom. The molecule has 0 aliphatic carbocycles. The van der Waals surface area contributed by atoms with E-state index in [0.29, 0.717) is 0 Å². The van der Waals surface area contributed by atoms with E-state index in [1.165, 1.54) is 11.4 Å². The van der Waals surface area contributed by atoms with Gasteiger partial charge < -0.3 is 11.1 Å². The van der Waals surface area contributed by atoms with Gasteiger partial charge in [-0.15, -0.1) is 11.3 Å². The van der Waals surface area contributed by atoms with Crippen LogP contribution in [0.25, 0.3) is 0 Å². The van der Waals surface area contributed by atoms with Gasteiger partial charge in [0.25, 0.3) is 0 Å². The number of hydrogen-bond donors (Lipinski definition) is 2. The zero-order chi connectivity index (χ0) is 11.8. The maximum Gasteiger partial charge on any atom is 0.0940 e. The Kier molecular flexibility index (Phi) is 6.61. The molecule has 16 heavy (non-hydrogen) atoms. The molecule has 0 saturated carbocycles. The summed E-state index contributed by atoms with van der Waals surface area (Å²) >= 11 is 1.75. The van der Waals surface area contributed by atoms with Crippen molar-refractivity contribution in [3.05, 3.63) is 16.1 Å². The fourth-order valence-corrected chi connectivity index (χ4v) is 2.41. The number of nitrogens with two attached hydrogens (primary N) is 1. The van der Waals surface area contributed by atoms with Gasteiger partial charge in [0.2, 0.25) is 0 Å². The lowest BCUT2D eigenvalue weighted by Gasteiger charge is -2.11. The van der Waals surface area contributed by atoms with Crippen LogP contribution in [0.5, 0.6) is 0 Å². The summed E-state index contributed by atoms with van der Waals surface area (Å²) in [6, 6.07) is 0. The lowest BCUT2D eigenvalue weighted by Crippen LogP contribution is -2.23. The molecule has 1 unspecified atom stereocenters. The van der Waals surface area contributed by atoms with Crippen LogP contribution in [-0.2, 0) is 6.42 Å². The summed E-state index contributed by atoms with van der Waals surface area (Å²) < 4.78 is 0. The molecule has 0 aliphatic heterocycles. The van der Waals surface area contributed by atoms with Crippen molar-refractivity contribution in [3.63, 3.8) is 0 Å². The van der Waals surface area contributed by atoms with Crippen LogP contribution in [0.4, 0.5) is 0 Å². The summed E-state index contributed by atoms with van der Waals surface area (Å²) in [5.41, 5.74) is 6.62. The second-order valence-corrected chi connectivity index (χ2v) is 5.32. The first-order chi connectivity index (χ1) is 7.72. The topological polar surface area (TPSA) is 50.9 Å². The SMILES string of the molecule is Cc1csc(CCNCC(C)CCCN)n1. The Morgan fingerprint density at radius 3 is 3.00 bits per heavy atom. The molecule has 4 heteroatoms. The number of aromatic nitrogens is 1. The van der Waals surface area contributed by atoms with Crippen LogP contribution in [0.1, 0.15) is 30.5 Å². The highest BCUT2D eigenvalue weighted by atomic mass is 32.1. The van der Waals surface area contributed by atoms with Gasteiger partial charge in [0.05, 0.1) is 5.01 Å². The largest absolute Gasteiger partial charge is 0.330 e. The highest BCUT2D eigenvalue weighted by Crippen LogP contribution is 2.08. The van der Waals surface area contributed by atoms with Gasteiger partial charge >= 0.3 is 0 Å². The van der Waals surface area contributed by atoms with Crippen molar-refractivity contribution < 1.29 is 0 Å². The van der Waals surface area contributed by atoms with E-state index in [2.05, 4.69) is 22.6 Å². The Hall–Kier alpha value is -0.450.